The van der Waals surface area contributed by atoms with E-state index in [0.29, 0.717) is 55.4 Å². The monoisotopic (exact) mass is 753 g/mol. The average Bonchev–Trinajstić information content (AvgIpc) is 3.48. The predicted molar refractivity (Wildman–Crippen MR) is 222 cm³/mol. The number of hydrogen-bond acceptors (Lipinski definition) is 6. The lowest BCUT2D eigenvalue weighted by atomic mass is 9.60. The summed E-state index contributed by atoms with van der Waals surface area (Å²) in [5.41, 5.74) is 3.31. The Bertz CT molecular complexity index is 1200. The summed E-state index contributed by atoms with van der Waals surface area (Å²) in [5.74, 6) is 1.47. The van der Waals surface area contributed by atoms with E-state index in [2.05, 4.69) is 67.2 Å². The van der Waals surface area contributed by atoms with Gasteiger partial charge in [-0.2, -0.15) is 0 Å². The normalized spacial score (nSPS) is 25.6. The molecule has 3 aliphatic rings. The van der Waals surface area contributed by atoms with Crippen LogP contribution in [0.3, 0.4) is 0 Å². The standard InChI is InChI=1S/C48H80O6/c1-9-12-15-18-25-44(49)52-42-34-38(35-43(37(42)5)53-45(50)26-19-16-13-10-2)28-29-39-24-22-33-48(8)40(30-31-41(39)48)36(4)23-21-32-47(6,7)54-46(51)27-20-17-14-11-3/h28-29,36,40-43H,5,9-27,30-35H2,1-4,6-8H3/b39-29+/t36-,40?,41?,42+,43+,48+/m0/s1. The van der Waals surface area contributed by atoms with Gasteiger partial charge in [0, 0.05) is 37.7 Å². The number of esters is 3. The van der Waals surface area contributed by atoms with Crippen LogP contribution < -0.4 is 0 Å². The van der Waals surface area contributed by atoms with Gasteiger partial charge in [-0.05, 0) is 101 Å². The van der Waals surface area contributed by atoms with Gasteiger partial charge in [-0.3, -0.25) is 14.4 Å². The second kappa shape index (κ2) is 23.6. The minimum absolute atomic E-state index is 0.0476. The fourth-order valence-corrected chi connectivity index (χ4v) is 9.82. The van der Waals surface area contributed by atoms with Crippen LogP contribution >= 0.6 is 0 Å². The predicted octanol–water partition coefficient (Wildman–Crippen LogP) is 13.3. The van der Waals surface area contributed by atoms with Gasteiger partial charge in [0.2, 0.25) is 0 Å². The molecular formula is C48H80O6. The molecule has 0 bridgehead atoms. The molecule has 0 spiro atoms. The van der Waals surface area contributed by atoms with Gasteiger partial charge in [0.25, 0.3) is 0 Å². The zero-order valence-electron chi connectivity index (χ0n) is 35.9. The first-order valence-corrected chi connectivity index (χ1v) is 22.5. The van der Waals surface area contributed by atoms with Crippen molar-refractivity contribution in [2.75, 3.05) is 0 Å². The number of unbranched alkanes of at least 4 members (excludes halogenated alkanes) is 9. The molecule has 0 aromatic carbocycles. The maximum absolute atomic E-state index is 12.9. The van der Waals surface area contributed by atoms with E-state index >= 15 is 0 Å². The van der Waals surface area contributed by atoms with Crippen LogP contribution in [0.15, 0.2) is 35.5 Å². The van der Waals surface area contributed by atoms with Crippen LogP contribution in [0.4, 0.5) is 0 Å². The number of fused-ring (bicyclic) bond motifs is 1. The number of ether oxygens (including phenoxy) is 3. The lowest BCUT2D eigenvalue weighted by molar-refractivity contribution is -0.157. The van der Waals surface area contributed by atoms with Crippen molar-refractivity contribution in [3.8, 4) is 0 Å². The molecule has 3 aliphatic carbocycles. The summed E-state index contributed by atoms with van der Waals surface area (Å²) in [7, 11) is 0. The SMILES string of the molecule is C=C1[C@H](OC(=O)CCCCCC)CC(=C/C=C2\CCC[C@@]3(C)C2CCC3[C@@H](C)CCCC(C)(C)OC(=O)CCCCCC)C[C@H]1OC(=O)CCCCCC. The molecule has 54 heavy (non-hydrogen) atoms. The maximum atomic E-state index is 12.9. The van der Waals surface area contributed by atoms with Crippen molar-refractivity contribution in [3.05, 3.63) is 35.5 Å². The third kappa shape index (κ3) is 14.9. The summed E-state index contributed by atoms with van der Waals surface area (Å²) in [5, 5.41) is 0. The van der Waals surface area contributed by atoms with Crippen molar-refractivity contribution in [2.24, 2.45) is 23.2 Å². The number of carbonyl (C=O) groups is 3. The summed E-state index contributed by atoms with van der Waals surface area (Å²) in [6.07, 6.45) is 28.1. The first kappa shape index (κ1) is 46.0. The fraction of sp³-hybridized carbons (Fsp3) is 0.812. The van der Waals surface area contributed by atoms with Gasteiger partial charge in [0.05, 0.1) is 0 Å². The molecule has 0 aromatic rings. The molecule has 6 nitrogen and oxygen atoms in total. The Morgan fingerprint density at radius 1 is 0.778 bits per heavy atom. The molecule has 0 saturated heterocycles. The molecule has 3 fully saturated rings. The van der Waals surface area contributed by atoms with Crippen LogP contribution in [0, 0.1) is 23.2 Å². The Labute approximate surface area is 331 Å². The second-order valence-corrected chi connectivity index (χ2v) is 18.1. The zero-order chi connectivity index (χ0) is 39.6. The molecule has 3 saturated carbocycles. The summed E-state index contributed by atoms with van der Waals surface area (Å²) in [6, 6.07) is 0. The van der Waals surface area contributed by atoms with Gasteiger partial charge >= 0.3 is 17.9 Å². The fourth-order valence-electron chi connectivity index (χ4n) is 9.82. The van der Waals surface area contributed by atoms with Crippen LogP contribution in [0.2, 0.25) is 0 Å². The van der Waals surface area contributed by atoms with Crippen molar-refractivity contribution >= 4 is 17.9 Å². The molecule has 6 heteroatoms. The van der Waals surface area contributed by atoms with E-state index in [1.54, 1.807) is 5.57 Å². The Balaban J connectivity index is 1.65. The van der Waals surface area contributed by atoms with E-state index in [-0.39, 0.29) is 23.3 Å². The van der Waals surface area contributed by atoms with Gasteiger partial charge < -0.3 is 14.2 Å². The first-order valence-electron chi connectivity index (χ1n) is 22.5. The highest BCUT2D eigenvalue weighted by Crippen LogP contribution is 2.60. The molecule has 0 amide bonds. The molecular weight excluding hydrogens is 673 g/mol. The van der Waals surface area contributed by atoms with E-state index in [0.717, 1.165) is 89.9 Å². The Hall–Kier alpha value is -2.37. The lowest BCUT2D eigenvalue weighted by Gasteiger charge is -2.44. The minimum Gasteiger partial charge on any atom is -0.460 e. The van der Waals surface area contributed by atoms with Crippen molar-refractivity contribution in [1.29, 1.82) is 0 Å². The highest BCUT2D eigenvalue weighted by molar-refractivity contribution is 5.71. The highest BCUT2D eigenvalue weighted by Gasteiger charge is 2.50. The minimum atomic E-state index is -0.465. The summed E-state index contributed by atoms with van der Waals surface area (Å²) >= 11 is 0. The molecule has 0 aromatic heterocycles. The average molecular weight is 753 g/mol. The molecule has 3 rings (SSSR count). The third-order valence-electron chi connectivity index (χ3n) is 13.1. The van der Waals surface area contributed by atoms with E-state index < -0.39 is 17.8 Å². The number of hydrogen-bond donors (Lipinski definition) is 0. The smallest absolute Gasteiger partial charge is 0.306 e. The Morgan fingerprint density at radius 2 is 1.31 bits per heavy atom. The van der Waals surface area contributed by atoms with Gasteiger partial charge in [-0.25, -0.2) is 0 Å². The molecule has 2 unspecified atom stereocenters. The third-order valence-corrected chi connectivity index (χ3v) is 13.1. The molecule has 0 heterocycles. The summed E-state index contributed by atoms with van der Waals surface area (Å²) < 4.78 is 18.0. The topological polar surface area (TPSA) is 78.9 Å². The van der Waals surface area contributed by atoms with Crippen LogP contribution in [0.5, 0.6) is 0 Å². The maximum Gasteiger partial charge on any atom is 0.306 e. The van der Waals surface area contributed by atoms with Crippen molar-refractivity contribution in [2.45, 2.75) is 227 Å². The molecule has 6 atom stereocenters. The summed E-state index contributed by atoms with van der Waals surface area (Å²) in [4.78, 5) is 38.3. The number of allylic oxidation sites excluding steroid dienone is 3. The number of rotatable bonds is 24. The lowest BCUT2D eigenvalue weighted by Crippen LogP contribution is -2.36. The molecule has 0 aliphatic heterocycles. The first-order chi connectivity index (χ1) is 25.8. The second-order valence-electron chi connectivity index (χ2n) is 18.1. The van der Waals surface area contributed by atoms with Crippen LogP contribution in [0.1, 0.15) is 209 Å². The quantitative estimate of drug-likeness (QED) is 0.0423. The van der Waals surface area contributed by atoms with E-state index in [1.807, 2.05) is 0 Å². The van der Waals surface area contributed by atoms with E-state index in [9.17, 15) is 14.4 Å². The van der Waals surface area contributed by atoms with Gasteiger partial charge in [-0.15, -0.1) is 0 Å². The zero-order valence-corrected chi connectivity index (χ0v) is 35.9. The van der Waals surface area contributed by atoms with Gasteiger partial charge in [-0.1, -0.05) is 129 Å². The summed E-state index contributed by atoms with van der Waals surface area (Å²) in [6.45, 7) is 20.0. The molecule has 0 N–H and O–H groups in total. The molecule has 308 valence electrons. The highest BCUT2D eigenvalue weighted by atomic mass is 16.6. The van der Waals surface area contributed by atoms with Gasteiger partial charge in [0.1, 0.15) is 17.8 Å². The van der Waals surface area contributed by atoms with Crippen LogP contribution in [0.25, 0.3) is 0 Å². The van der Waals surface area contributed by atoms with Gasteiger partial charge in [0.15, 0.2) is 0 Å². The van der Waals surface area contributed by atoms with E-state index in [1.165, 1.54) is 44.1 Å². The van der Waals surface area contributed by atoms with Crippen molar-refractivity contribution in [1.82, 2.24) is 0 Å². The van der Waals surface area contributed by atoms with Crippen molar-refractivity contribution in [3.63, 3.8) is 0 Å². The van der Waals surface area contributed by atoms with Crippen LogP contribution in [-0.4, -0.2) is 35.7 Å². The Morgan fingerprint density at radius 3 is 1.85 bits per heavy atom. The largest absolute Gasteiger partial charge is 0.460 e. The van der Waals surface area contributed by atoms with Crippen LogP contribution in [-0.2, 0) is 28.6 Å². The number of carbonyl (C=O) groups excluding carboxylic acids is 3. The van der Waals surface area contributed by atoms with E-state index in [4.69, 9.17) is 14.2 Å². The Kier molecular flexibility index (Phi) is 20.1. The molecule has 0 radical (unpaired) electrons. The van der Waals surface area contributed by atoms with Crippen molar-refractivity contribution < 1.29 is 28.6 Å².